The first-order valence-electron chi connectivity index (χ1n) is 6.21. The Morgan fingerprint density at radius 3 is 2.59 bits per heavy atom. The Labute approximate surface area is 102 Å². The van der Waals surface area contributed by atoms with Crippen LogP contribution < -0.4 is 0 Å². The molecule has 0 aliphatic carbocycles. The second-order valence-electron chi connectivity index (χ2n) is 4.74. The summed E-state index contributed by atoms with van der Waals surface area (Å²) in [6, 6.07) is 10.9. The van der Waals surface area contributed by atoms with E-state index < -0.39 is 5.97 Å². The van der Waals surface area contributed by atoms with Crippen LogP contribution in [0, 0.1) is 5.92 Å². The molecule has 0 radical (unpaired) electrons. The maximum absolute atomic E-state index is 10.8. The quantitative estimate of drug-likeness (QED) is 0.846. The number of rotatable bonds is 5. The number of carbonyl (C=O) groups is 1. The van der Waals surface area contributed by atoms with E-state index in [1.165, 1.54) is 5.56 Å². The average molecular weight is 233 g/mol. The Balaban J connectivity index is 1.89. The molecular weight excluding hydrogens is 214 g/mol. The zero-order valence-corrected chi connectivity index (χ0v) is 10.2. The molecule has 92 valence electrons. The van der Waals surface area contributed by atoms with Gasteiger partial charge in [0.05, 0.1) is 5.92 Å². The second kappa shape index (κ2) is 5.32. The van der Waals surface area contributed by atoms with Crippen molar-refractivity contribution in [3.8, 4) is 0 Å². The van der Waals surface area contributed by atoms with Gasteiger partial charge >= 0.3 is 5.97 Å². The van der Waals surface area contributed by atoms with Crippen molar-refractivity contribution >= 4 is 5.97 Å². The van der Waals surface area contributed by atoms with Crippen molar-refractivity contribution in [3.05, 3.63) is 35.9 Å². The molecule has 0 amide bonds. The summed E-state index contributed by atoms with van der Waals surface area (Å²) in [5.74, 6) is -0.810. The molecule has 1 aromatic carbocycles. The fourth-order valence-corrected chi connectivity index (χ4v) is 2.38. The molecule has 1 N–H and O–H groups in total. The van der Waals surface area contributed by atoms with Crippen LogP contribution in [0.2, 0.25) is 0 Å². The number of hydrogen-bond acceptors (Lipinski definition) is 2. The largest absolute Gasteiger partial charge is 0.481 e. The summed E-state index contributed by atoms with van der Waals surface area (Å²) in [6.07, 6.45) is 2.09. The topological polar surface area (TPSA) is 40.5 Å². The number of carboxylic acids is 1. The maximum atomic E-state index is 10.8. The lowest BCUT2D eigenvalue weighted by molar-refractivity contribution is -0.148. The van der Waals surface area contributed by atoms with E-state index in [4.69, 9.17) is 5.11 Å². The lowest BCUT2D eigenvalue weighted by Gasteiger charge is -2.42. The van der Waals surface area contributed by atoms with Crippen LogP contribution in [0.25, 0.3) is 0 Å². The SMILES string of the molecule is CCC(Cc1ccccc1)N1CC(C(=O)O)C1. The van der Waals surface area contributed by atoms with Crippen molar-refractivity contribution in [2.24, 2.45) is 5.92 Å². The van der Waals surface area contributed by atoms with Gasteiger partial charge in [-0.25, -0.2) is 0 Å². The zero-order chi connectivity index (χ0) is 12.3. The van der Waals surface area contributed by atoms with Gasteiger partial charge in [0.1, 0.15) is 0 Å². The van der Waals surface area contributed by atoms with Crippen LogP contribution in [0.3, 0.4) is 0 Å². The summed E-state index contributed by atoms with van der Waals surface area (Å²) in [5, 5.41) is 8.87. The van der Waals surface area contributed by atoms with E-state index in [0.717, 1.165) is 12.8 Å². The van der Waals surface area contributed by atoms with Gasteiger partial charge in [-0.15, -0.1) is 0 Å². The van der Waals surface area contributed by atoms with Crippen LogP contribution in [-0.2, 0) is 11.2 Å². The highest BCUT2D eigenvalue weighted by Gasteiger charge is 2.35. The Bertz CT molecular complexity index is 371. The van der Waals surface area contributed by atoms with E-state index >= 15 is 0 Å². The molecule has 0 bridgehead atoms. The van der Waals surface area contributed by atoms with Gasteiger partial charge in [-0.2, -0.15) is 0 Å². The van der Waals surface area contributed by atoms with Gasteiger partial charge in [0.15, 0.2) is 0 Å². The lowest BCUT2D eigenvalue weighted by Crippen LogP contribution is -2.55. The monoisotopic (exact) mass is 233 g/mol. The minimum atomic E-state index is -0.657. The smallest absolute Gasteiger partial charge is 0.309 e. The molecule has 1 heterocycles. The lowest BCUT2D eigenvalue weighted by atomic mass is 9.93. The number of likely N-dealkylation sites (tertiary alicyclic amines) is 1. The van der Waals surface area contributed by atoms with Gasteiger partial charge in [-0.05, 0) is 18.4 Å². The van der Waals surface area contributed by atoms with Crippen molar-refractivity contribution < 1.29 is 9.90 Å². The summed E-state index contributed by atoms with van der Waals surface area (Å²) in [5.41, 5.74) is 1.33. The van der Waals surface area contributed by atoms with Crippen LogP contribution in [0.15, 0.2) is 30.3 Å². The van der Waals surface area contributed by atoms with Crippen LogP contribution in [0.4, 0.5) is 0 Å². The van der Waals surface area contributed by atoms with E-state index in [9.17, 15) is 4.79 Å². The number of hydrogen-bond donors (Lipinski definition) is 1. The highest BCUT2D eigenvalue weighted by molar-refractivity contribution is 5.71. The summed E-state index contributed by atoms with van der Waals surface area (Å²) in [4.78, 5) is 13.1. The fraction of sp³-hybridized carbons (Fsp3) is 0.500. The normalized spacial score (nSPS) is 18.6. The zero-order valence-electron chi connectivity index (χ0n) is 10.2. The van der Waals surface area contributed by atoms with Gasteiger partial charge < -0.3 is 5.11 Å². The minimum Gasteiger partial charge on any atom is -0.481 e. The number of carboxylic acid groups (broad SMARTS) is 1. The number of aliphatic carboxylic acids is 1. The molecule has 1 aliphatic heterocycles. The third-order valence-corrected chi connectivity index (χ3v) is 3.56. The van der Waals surface area contributed by atoms with Crippen molar-refractivity contribution in [1.82, 2.24) is 4.90 Å². The first-order valence-corrected chi connectivity index (χ1v) is 6.21. The second-order valence-corrected chi connectivity index (χ2v) is 4.74. The molecule has 3 heteroatoms. The number of benzene rings is 1. The maximum Gasteiger partial charge on any atom is 0.309 e. The Morgan fingerprint density at radius 2 is 2.06 bits per heavy atom. The predicted molar refractivity (Wildman–Crippen MR) is 66.9 cm³/mol. The Kier molecular flexibility index (Phi) is 3.79. The third-order valence-electron chi connectivity index (χ3n) is 3.56. The first-order chi connectivity index (χ1) is 8.20. The van der Waals surface area contributed by atoms with Gasteiger partial charge in [-0.3, -0.25) is 9.69 Å². The molecule has 1 atom stereocenters. The van der Waals surface area contributed by atoms with Crippen molar-refractivity contribution in [2.75, 3.05) is 13.1 Å². The summed E-state index contributed by atoms with van der Waals surface area (Å²) in [6.45, 7) is 3.59. The molecule has 0 spiro atoms. The van der Waals surface area contributed by atoms with E-state index in [0.29, 0.717) is 19.1 Å². The number of nitrogens with zero attached hydrogens (tertiary/aromatic N) is 1. The molecule has 3 nitrogen and oxygen atoms in total. The van der Waals surface area contributed by atoms with E-state index in [1.807, 2.05) is 6.07 Å². The molecule has 0 aromatic heterocycles. The van der Waals surface area contributed by atoms with Crippen LogP contribution >= 0.6 is 0 Å². The highest BCUT2D eigenvalue weighted by Crippen LogP contribution is 2.22. The average Bonchev–Trinajstić information content (AvgIpc) is 2.26. The minimum absolute atomic E-state index is 0.153. The van der Waals surface area contributed by atoms with Crippen molar-refractivity contribution in [3.63, 3.8) is 0 Å². The van der Waals surface area contributed by atoms with Gasteiger partial charge in [0.25, 0.3) is 0 Å². The van der Waals surface area contributed by atoms with E-state index in [2.05, 4.69) is 36.1 Å². The van der Waals surface area contributed by atoms with Crippen molar-refractivity contribution in [2.45, 2.75) is 25.8 Å². The Hall–Kier alpha value is -1.35. The van der Waals surface area contributed by atoms with Gasteiger partial charge in [0.2, 0.25) is 0 Å². The fourth-order valence-electron chi connectivity index (χ4n) is 2.38. The molecular formula is C14H19NO2. The molecule has 1 fully saturated rings. The summed E-state index contributed by atoms with van der Waals surface area (Å²) >= 11 is 0. The van der Waals surface area contributed by atoms with Crippen LogP contribution in [0.1, 0.15) is 18.9 Å². The first kappa shape index (κ1) is 12.1. The molecule has 1 unspecified atom stereocenters. The highest BCUT2D eigenvalue weighted by atomic mass is 16.4. The van der Waals surface area contributed by atoms with E-state index in [1.54, 1.807) is 0 Å². The summed E-state index contributed by atoms with van der Waals surface area (Å²) in [7, 11) is 0. The van der Waals surface area contributed by atoms with Gasteiger partial charge in [-0.1, -0.05) is 37.3 Å². The standard InChI is InChI=1S/C14H19NO2/c1-2-13(8-11-6-4-3-5-7-11)15-9-12(10-15)14(16)17/h3-7,12-13H,2,8-10H2,1H3,(H,16,17). The Morgan fingerprint density at radius 1 is 1.41 bits per heavy atom. The molecule has 1 aromatic rings. The molecule has 1 saturated heterocycles. The summed E-state index contributed by atoms with van der Waals surface area (Å²) < 4.78 is 0. The molecule has 2 rings (SSSR count). The van der Waals surface area contributed by atoms with E-state index in [-0.39, 0.29) is 5.92 Å². The van der Waals surface area contributed by atoms with Crippen molar-refractivity contribution in [1.29, 1.82) is 0 Å². The molecule has 1 aliphatic rings. The van der Waals surface area contributed by atoms with Crippen LogP contribution in [0.5, 0.6) is 0 Å². The molecule has 17 heavy (non-hydrogen) atoms. The van der Waals surface area contributed by atoms with Crippen LogP contribution in [-0.4, -0.2) is 35.1 Å². The third kappa shape index (κ3) is 2.86. The van der Waals surface area contributed by atoms with Gasteiger partial charge in [0, 0.05) is 19.1 Å². The predicted octanol–water partition coefficient (Wildman–Crippen LogP) is 2.02. The molecule has 0 saturated carbocycles.